The first-order chi connectivity index (χ1) is 11.2. The topological polar surface area (TPSA) is 41.1 Å². The number of amides is 2. The van der Waals surface area contributed by atoms with Crippen LogP contribution in [-0.2, 0) is 0 Å². The van der Waals surface area contributed by atoms with Crippen LogP contribution in [0.25, 0.3) is 11.1 Å². The average molecular weight is 308 g/mol. The summed E-state index contributed by atoms with van der Waals surface area (Å²) in [5.74, 6) is 0. The molecule has 1 fully saturated rings. The van der Waals surface area contributed by atoms with Crippen LogP contribution in [0.1, 0.15) is 37.7 Å². The van der Waals surface area contributed by atoms with Crippen LogP contribution in [0.3, 0.4) is 0 Å². The molecule has 3 heteroatoms. The summed E-state index contributed by atoms with van der Waals surface area (Å²) < 4.78 is 0. The molecule has 0 aliphatic heterocycles. The van der Waals surface area contributed by atoms with Crippen LogP contribution in [0.2, 0.25) is 0 Å². The quantitative estimate of drug-likeness (QED) is 0.812. The van der Waals surface area contributed by atoms with Crippen molar-refractivity contribution in [3.63, 3.8) is 0 Å². The van der Waals surface area contributed by atoms with Gasteiger partial charge < -0.3 is 10.6 Å². The first kappa shape index (κ1) is 15.6. The number of carbonyl (C=O) groups is 1. The summed E-state index contributed by atoms with van der Waals surface area (Å²) in [5.41, 5.74) is 4.21. The van der Waals surface area contributed by atoms with Gasteiger partial charge in [-0.25, -0.2) is 4.79 Å². The van der Waals surface area contributed by atoms with E-state index in [0.717, 1.165) is 29.7 Å². The van der Waals surface area contributed by atoms with Crippen LogP contribution < -0.4 is 10.6 Å². The van der Waals surface area contributed by atoms with E-state index in [1.54, 1.807) is 0 Å². The Kier molecular flexibility index (Phi) is 4.96. The molecule has 2 amide bonds. The molecule has 0 saturated heterocycles. The Morgan fingerprint density at radius 2 is 1.74 bits per heavy atom. The van der Waals surface area contributed by atoms with Crippen molar-refractivity contribution >= 4 is 11.7 Å². The Morgan fingerprint density at radius 3 is 2.48 bits per heavy atom. The zero-order chi connectivity index (χ0) is 16.1. The van der Waals surface area contributed by atoms with Crippen molar-refractivity contribution in [2.24, 2.45) is 0 Å². The van der Waals surface area contributed by atoms with Gasteiger partial charge in [0.15, 0.2) is 0 Å². The molecule has 1 aliphatic rings. The Bertz CT molecular complexity index is 661. The molecule has 0 atom stereocenters. The van der Waals surface area contributed by atoms with Gasteiger partial charge in [0.1, 0.15) is 0 Å². The lowest BCUT2D eigenvalue weighted by atomic mass is 9.96. The molecule has 0 bridgehead atoms. The smallest absolute Gasteiger partial charge is 0.319 e. The first-order valence-corrected chi connectivity index (χ1v) is 8.46. The fourth-order valence-corrected chi connectivity index (χ4v) is 3.21. The van der Waals surface area contributed by atoms with Crippen LogP contribution in [-0.4, -0.2) is 12.1 Å². The minimum atomic E-state index is -0.0991. The molecule has 3 nitrogen and oxygen atoms in total. The van der Waals surface area contributed by atoms with Gasteiger partial charge >= 0.3 is 6.03 Å². The molecule has 2 aromatic rings. The van der Waals surface area contributed by atoms with Crippen LogP contribution in [0.4, 0.5) is 10.5 Å². The van der Waals surface area contributed by atoms with E-state index in [1.807, 2.05) is 30.3 Å². The standard InChI is InChI=1S/C20H24N2O/c1-15-12-13-19(18(14-15)16-8-4-2-5-9-16)22-20(23)21-17-10-6-3-7-11-17/h2,4-5,8-9,12-14,17H,3,6-7,10-11H2,1H3,(H2,21,22,23). The van der Waals surface area contributed by atoms with Crippen molar-refractivity contribution < 1.29 is 4.79 Å². The first-order valence-electron chi connectivity index (χ1n) is 8.46. The maximum atomic E-state index is 12.3. The van der Waals surface area contributed by atoms with Crippen molar-refractivity contribution in [1.82, 2.24) is 5.32 Å². The second kappa shape index (κ2) is 7.32. The Balaban J connectivity index is 1.75. The van der Waals surface area contributed by atoms with Crippen molar-refractivity contribution in [1.29, 1.82) is 0 Å². The molecule has 120 valence electrons. The number of anilines is 1. The van der Waals surface area contributed by atoms with E-state index in [2.05, 4.69) is 35.8 Å². The number of hydrogen-bond acceptors (Lipinski definition) is 1. The minimum Gasteiger partial charge on any atom is -0.335 e. The number of carbonyl (C=O) groups excluding carboxylic acids is 1. The Morgan fingerprint density at radius 1 is 1.00 bits per heavy atom. The zero-order valence-electron chi connectivity index (χ0n) is 13.6. The van der Waals surface area contributed by atoms with Crippen LogP contribution in [0, 0.1) is 6.92 Å². The fourth-order valence-electron chi connectivity index (χ4n) is 3.21. The number of hydrogen-bond donors (Lipinski definition) is 2. The summed E-state index contributed by atoms with van der Waals surface area (Å²) in [7, 11) is 0. The minimum absolute atomic E-state index is 0.0991. The Hall–Kier alpha value is -2.29. The molecular formula is C20H24N2O. The molecule has 2 N–H and O–H groups in total. The lowest BCUT2D eigenvalue weighted by Gasteiger charge is -2.23. The fraction of sp³-hybridized carbons (Fsp3) is 0.350. The molecule has 0 aromatic heterocycles. The zero-order valence-corrected chi connectivity index (χ0v) is 13.6. The highest BCUT2D eigenvalue weighted by atomic mass is 16.2. The Labute approximate surface area is 138 Å². The van der Waals surface area contributed by atoms with E-state index >= 15 is 0 Å². The molecule has 3 rings (SSSR count). The van der Waals surface area contributed by atoms with Gasteiger partial charge in [0.05, 0.1) is 5.69 Å². The van der Waals surface area contributed by atoms with Gasteiger partial charge in [0, 0.05) is 11.6 Å². The molecule has 23 heavy (non-hydrogen) atoms. The third-order valence-electron chi connectivity index (χ3n) is 4.45. The summed E-state index contributed by atoms with van der Waals surface area (Å²) in [5, 5.41) is 6.14. The molecule has 0 radical (unpaired) electrons. The summed E-state index contributed by atoms with van der Waals surface area (Å²) >= 11 is 0. The number of aryl methyl sites for hydroxylation is 1. The molecule has 2 aromatic carbocycles. The summed E-state index contributed by atoms with van der Waals surface area (Å²) in [6.45, 7) is 2.07. The second-order valence-corrected chi connectivity index (χ2v) is 6.35. The normalized spacial score (nSPS) is 15.2. The molecule has 0 spiro atoms. The number of urea groups is 1. The maximum absolute atomic E-state index is 12.3. The number of nitrogens with one attached hydrogen (secondary N) is 2. The van der Waals surface area contributed by atoms with Gasteiger partial charge in [-0.05, 0) is 37.5 Å². The van der Waals surface area contributed by atoms with Crippen LogP contribution in [0.15, 0.2) is 48.5 Å². The van der Waals surface area contributed by atoms with Crippen LogP contribution >= 0.6 is 0 Å². The average Bonchev–Trinajstić information content (AvgIpc) is 2.58. The van der Waals surface area contributed by atoms with E-state index < -0.39 is 0 Å². The number of rotatable bonds is 3. The third-order valence-corrected chi connectivity index (χ3v) is 4.45. The highest BCUT2D eigenvalue weighted by Gasteiger charge is 2.16. The molecule has 0 heterocycles. The summed E-state index contributed by atoms with van der Waals surface area (Å²) in [4.78, 5) is 12.3. The molecule has 1 aliphatic carbocycles. The largest absolute Gasteiger partial charge is 0.335 e. The van der Waals surface area contributed by atoms with E-state index in [-0.39, 0.29) is 6.03 Å². The molecular weight excluding hydrogens is 284 g/mol. The van der Waals surface area contributed by atoms with Gasteiger partial charge in [-0.2, -0.15) is 0 Å². The highest BCUT2D eigenvalue weighted by molar-refractivity contribution is 5.94. The lowest BCUT2D eigenvalue weighted by molar-refractivity contribution is 0.244. The van der Waals surface area contributed by atoms with Crippen molar-refractivity contribution in [3.05, 3.63) is 54.1 Å². The van der Waals surface area contributed by atoms with Crippen molar-refractivity contribution in [3.8, 4) is 11.1 Å². The number of benzene rings is 2. The van der Waals surface area contributed by atoms with Crippen molar-refractivity contribution in [2.45, 2.75) is 45.1 Å². The van der Waals surface area contributed by atoms with Gasteiger partial charge in [-0.15, -0.1) is 0 Å². The predicted molar refractivity (Wildman–Crippen MR) is 95.6 cm³/mol. The SMILES string of the molecule is Cc1ccc(NC(=O)NC2CCCCC2)c(-c2ccccc2)c1. The van der Waals surface area contributed by atoms with Gasteiger partial charge in [-0.3, -0.25) is 0 Å². The van der Waals surface area contributed by atoms with Crippen LogP contribution in [0.5, 0.6) is 0 Å². The predicted octanol–water partition coefficient (Wildman–Crippen LogP) is 5.12. The van der Waals surface area contributed by atoms with E-state index in [0.29, 0.717) is 6.04 Å². The lowest BCUT2D eigenvalue weighted by Crippen LogP contribution is -2.39. The van der Waals surface area contributed by atoms with Gasteiger partial charge in [-0.1, -0.05) is 61.2 Å². The van der Waals surface area contributed by atoms with Gasteiger partial charge in [0.2, 0.25) is 0 Å². The molecule has 0 unspecified atom stereocenters. The summed E-state index contributed by atoms with van der Waals surface area (Å²) in [6, 6.07) is 16.5. The van der Waals surface area contributed by atoms with E-state index in [1.165, 1.54) is 24.8 Å². The maximum Gasteiger partial charge on any atom is 0.319 e. The monoisotopic (exact) mass is 308 g/mol. The summed E-state index contributed by atoms with van der Waals surface area (Å²) in [6.07, 6.45) is 5.89. The van der Waals surface area contributed by atoms with E-state index in [9.17, 15) is 4.79 Å². The molecule has 1 saturated carbocycles. The second-order valence-electron chi connectivity index (χ2n) is 6.35. The van der Waals surface area contributed by atoms with E-state index in [4.69, 9.17) is 0 Å². The van der Waals surface area contributed by atoms with Gasteiger partial charge in [0.25, 0.3) is 0 Å². The highest BCUT2D eigenvalue weighted by Crippen LogP contribution is 2.29. The van der Waals surface area contributed by atoms with Crippen molar-refractivity contribution in [2.75, 3.05) is 5.32 Å². The third kappa shape index (κ3) is 4.13.